The number of halogens is 2. The van der Waals surface area contributed by atoms with Crippen molar-refractivity contribution in [2.24, 2.45) is 7.05 Å². The Morgan fingerprint density at radius 2 is 1.75 bits per heavy atom. The molecule has 0 fully saturated rings. The van der Waals surface area contributed by atoms with Gasteiger partial charge in [0.1, 0.15) is 0 Å². The Kier molecular flexibility index (Phi) is 3.35. The first-order chi connectivity index (χ1) is 7.59. The van der Waals surface area contributed by atoms with E-state index in [4.69, 9.17) is 11.6 Å². The maximum atomic E-state index is 11.8. The second-order valence-corrected chi connectivity index (χ2v) is 5.04. The second kappa shape index (κ2) is 4.59. The van der Waals surface area contributed by atoms with Gasteiger partial charge >= 0.3 is 0 Å². The summed E-state index contributed by atoms with van der Waals surface area (Å²) in [6.45, 7) is 0. The molecule has 82 valence electrons. The smallest absolute Gasteiger partial charge is 0.264 e. The van der Waals surface area contributed by atoms with E-state index < -0.39 is 0 Å². The van der Waals surface area contributed by atoms with E-state index in [1.165, 1.54) is 0 Å². The van der Waals surface area contributed by atoms with Crippen LogP contribution in [0.3, 0.4) is 0 Å². The molecule has 2 nitrogen and oxygen atoms in total. The molecule has 0 atom stereocenters. The molecule has 0 aliphatic heterocycles. The molecule has 16 heavy (non-hydrogen) atoms. The molecular weight excluding hydrogens is 336 g/mol. The number of nitrogens with zero attached hydrogens (tertiary/aromatic N) is 1. The van der Waals surface area contributed by atoms with E-state index in [0.29, 0.717) is 5.02 Å². The molecule has 0 N–H and O–H groups in total. The van der Waals surface area contributed by atoms with Crippen molar-refractivity contribution in [3.05, 3.63) is 55.3 Å². The van der Waals surface area contributed by atoms with Crippen LogP contribution in [0.4, 0.5) is 0 Å². The molecule has 0 bridgehead atoms. The molecule has 0 aliphatic rings. The average Bonchev–Trinajstić information content (AvgIpc) is 2.28. The van der Waals surface area contributed by atoms with E-state index in [9.17, 15) is 4.79 Å². The fourth-order valence-corrected chi connectivity index (χ4v) is 2.18. The molecule has 2 rings (SSSR count). The van der Waals surface area contributed by atoms with Crippen molar-refractivity contribution < 1.29 is 0 Å². The van der Waals surface area contributed by atoms with Crippen molar-refractivity contribution in [3.63, 3.8) is 0 Å². The lowest BCUT2D eigenvalue weighted by molar-refractivity contribution is 0.863. The highest BCUT2D eigenvalue weighted by Crippen LogP contribution is 2.20. The first-order valence-corrected chi connectivity index (χ1v) is 6.17. The maximum absolute atomic E-state index is 11.8. The van der Waals surface area contributed by atoms with Gasteiger partial charge in [-0.1, -0.05) is 23.7 Å². The molecule has 2 aromatic rings. The van der Waals surface area contributed by atoms with Gasteiger partial charge in [-0.25, -0.2) is 0 Å². The number of hydrogen-bond donors (Lipinski definition) is 0. The minimum absolute atomic E-state index is 0.0213. The Morgan fingerprint density at radius 1 is 1.12 bits per heavy atom. The SMILES string of the molecule is Cn1c(-c2ccc(Cl)cc2)ccc(I)c1=O. The zero-order chi connectivity index (χ0) is 11.7. The van der Waals surface area contributed by atoms with Crippen molar-refractivity contribution in [2.45, 2.75) is 0 Å². The number of hydrogen-bond acceptors (Lipinski definition) is 1. The van der Waals surface area contributed by atoms with Crippen molar-refractivity contribution in [1.82, 2.24) is 4.57 Å². The second-order valence-electron chi connectivity index (χ2n) is 3.44. The van der Waals surface area contributed by atoms with Crippen molar-refractivity contribution in [1.29, 1.82) is 0 Å². The van der Waals surface area contributed by atoms with Crippen LogP contribution in [0.25, 0.3) is 11.3 Å². The Hall–Kier alpha value is -0.810. The molecule has 1 aromatic heterocycles. The van der Waals surface area contributed by atoms with Gasteiger partial charge in [0.25, 0.3) is 5.56 Å². The van der Waals surface area contributed by atoms with Gasteiger partial charge in [0.2, 0.25) is 0 Å². The van der Waals surface area contributed by atoms with Gasteiger partial charge in [-0.3, -0.25) is 4.79 Å². The molecule has 1 heterocycles. The van der Waals surface area contributed by atoms with Gasteiger partial charge in [0, 0.05) is 12.1 Å². The Bertz CT molecular complexity index is 575. The van der Waals surface area contributed by atoms with Gasteiger partial charge in [0.05, 0.1) is 9.26 Å². The van der Waals surface area contributed by atoms with Crippen molar-refractivity contribution in [2.75, 3.05) is 0 Å². The Morgan fingerprint density at radius 3 is 2.38 bits per heavy atom. The molecule has 0 aliphatic carbocycles. The highest BCUT2D eigenvalue weighted by atomic mass is 127. The van der Waals surface area contributed by atoms with Crippen LogP contribution in [-0.2, 0) is 7.05 Å². The van der Waals surface area contributed by atoms with Crippen molar-refractivity contribution in [3.8, 4) is 11.3 Å². The minimum Gasteiger partial charge on any atom is -0.310 e. The number of aromatic nitrogens is 1. The number of pyridine rings is 1. The number of rotatable bonds is 1. The monoisotopic (exact) mass is 345 g/mol. The standard InChI is InChI=1S/C12H9ClINO/c1-15-11(7-6-10(14)12(15)16)8-2-4-9(13)5-3-8/h2-7H,1H3. The van der Waals surface area contributed by atoms with Crippen LogP contribution in [0, 0.1) is 3.57 Å². The summed E-state index contributed by atoms with van der Waals surface area (Å²) < 4.78 is 2.36. The first-order valence-electron chi connectivity index (χ1n) is 4.71. The zero-order valence-corrected chi connectivity index (χ0v) is 11.5. The van der Waals surface area contributed by atoms with Gasteiger partial charge in [-0.05, 0) is 52.4 Å². The molecular formula is C12H9ClINO. The minimum atomic E-state index is 0.0213. The quantitative estimate of drug-likeness (QED) is 0.727. The molecule has 0 saturated carbocycles. The van der Waals surface area contributed by atoms with Crippen LogP contribution < -0.4 is 5.56 Å². The van der Waals surface area contributed by atoms with Gasteiger partial charge in [0.15, 0.2) is 0 Å². The van der Waals surface area contributed by atoms with Crippen LogP contribution in [0.15, 0.2) is 41.2 Å². The molecule has 0 spiro atoms. The summed E-state index contributed by atoms with van der Waals surface area (Å²) in [5.74, 6) is 0. The lowest BCUT2D eigenvalue weighted by Crippen LogP contribution is -2.20. The van der Waals surface area contributed by atoms with E-state index in [1.54, 1.807) is 11.6 Å². The molecule has 1 aromatic carbocycles. The summed E-state index contributed by atoms with van der Waals surface area (Å²) in [4.78, 5) is 11.8. The normalized spacial score (nSPS) is 10.4. The summed E-state index contributed by atoms with van der Waals surface area (Å²) in [7, 11) is 1.77. The Labute approximate surface area is 112 Å². The van der Waals surface area contributed by atoms with Crippen LogP contribution in [-0.4, -0.2) is 4.57 Å². The molecule has 4 heteroatoms. The first kappa shape index (κ1) is 11.7. The lowest BCUT2D eigenvalue weighted by atomic mass is 10.1. The topological polar surface area (TPSA) is 22.0 Å². The summed E-state index contributed by atoms with van der Waals surface area (Å²) >= 11 is 7.86. The predicted molar refractivity (Wildman–Crippen MR) is 74.8 cm³/mol. The molecule has 0 radical (unpaired) electrons. The molecule has 0 unspecified atom stereocenters. The third kappa shape index (κ3) is 2.15. The van der Waals surface area contributed by atoms with Crippen LogP contribution in [0.1, 0.15) is 0 Å². The van der Waals surface area contributed by atoms with Crippen LogP contribution in [0.5, 0.6) is 0 Å². The van der Waals surface area contributed by atoms with E-state index in [0.717, 1.165) is 14.8 Å². The lowest BCUT2D eigenvalue weighted by Gasteiger charge is -2.08. The highest BCUT2D eigenvalue weighted by Gasteiger charge is 2.05. The summed E-state index contributed by atoms with van der Waals surface area (Å²) in [6.07, 6.45) is 0. The highest BCUT2D eigenvalue weighted by molar-refractivity contribution is 14.1. The van der Waals surface area contributed by atoms with E-state index in [-0.39, 0.29) is 5.56 Å². The fraction of sp³-hybridized carbons (Fsp3) is 0.0833. The maximum Gasteiger partial charge on any atom is 0.264 e. The summed E-state index contributed by atoms with van der Waals surface area (Å²) in [5, 5.41) is 0.694. The third-order valence-electron chi connectivity index (χ3n) is 2.40. The van der Waals surface area contributed by atoms with Gasteiger partial charge < -0.3 is 4.57 Å². The zero-order valence-electron chi connectivity index (χ0n) is 8.58. The largest absolute Gasteiger partial charge is 0.310 e. The Balaban J connectivity index is 2.61. The van der Waals surface area contributed by atoms with E-state index >= 15 is 0 Å². The summed E-state index contributed by atoms with van der Waals surface area (Å²) in [5.41, 5.74) is 1.90. The van der Waals surface area contributed by atoms with Crippen LogP contribution in [0.2, 0.25) is 5.02 Å². The molecule has 0 amide bonds. The predicted octanol–water partition coefficient (Wildman–Crippen LogP) is 3.31. The fourth-order valence-electron chi connectivity index (χ4n) is 1.52. The average molecular weight is 346 g/mol. The van der Waals surface area contributed by atoms with Crippen LogP contribution >= 0.6 is 34.2 Å². The van der Waals surface area contributed by atoms with Gasteiger partial charge in [-0.15, -0.1) is 0 Å². The third-order valence-corrected chi connectivity index (χ3v) is 3.47. The van der Waals surface area contributed by atoms with E-state index in [2.05, 4.69) is 0 Å². The van der Waals surface area contributed by atoms with E-state index in [1.807, 2.05) is 59.0 Å². The summed E-state index contributed by atoms with van der Waals surface area (Å²) in [6, 6.07) is 11.2. The van der Waals surface area contributed by atoms with Gasteiger partial charge in [-0.2, -0.15) is 0 Å². The number of benzene rings is 1. The molecule has 0 saturated heterocycles. The van der Waals surface area contributed by atoms with Crippen molar-refractivity contribution >= 4 is 34.2 Å².